The van der Waals surface area contributed by atoms with Gasteiger partial charge in [-0.2, -0.15) is 4.98 Å². The summed E-state index contributed by atoms with van der Waals surface area (Å²) in [5.74, 6) is 1.70. The van der Waals surface area contributed by atoms with Gasteiger partial charge in [-0.25, -0.2) is 4.98 Å². The van der Waals surface area contributed by atoms with Gasteiger partial charge in [0.15, 0.2) is 0 Å². The second-order valence-corrected chi connectivity index (χ2v) is 5.60. The Balaban J connectivity index is 1.90. The van der Waals surface area contributed by atoms with Crippen LogP contribution in [0.1, 0.15) is 0 Å². The smallest absolute Gasteiger partial charge is 0.227 e. The first kappa shape index (κ1) is 15.0. The van der Waals surface area contributed by atoms with Crippen molar-refractivity contribution in [2.45, 2.75) is 0 Å². The molecule has 1 fully saturated rings. The third-order valence-electron chi connectivity index (χ3n) is 3.98. The average Bonchev–Trinajstić information content (AvgIpc) is 2.55. The van der Waals surface area contributed by atoms with Gasteiger partial charge in [-0.3, -0.25) is 0 Å². The van der Waals surface area contributed by atoms with E-state index in [1.54, 1.807) is 7.11 Å². The molecule has 118 valence electrons. The second kappa shape index (κ2) is 6.89. The fourth-order valence-corrected chi connectivity index (χ4v) is 2.62. The zero-order valence-corrected chi connectivity index (χ0v) is 13.2. The summed E-state index contributed by atoms with van der Waals surface area (Å²) in [6.07, 6.45) is 0. The minimum absolute atomic E-state index is 0.655. The first-order chi connectivity index (χ1) is 10.8. The normalized spacial score (nSPS) is 16.2. The molecule has 0 aliphatic carbocycles. The molecule has 0 unspecified atom stereocenters. The molecule has 3 rings (SSSR count). The van der Waals surface area contributed by atoms with Gasteiger partial charge < -0.3 is 19.9 Å². The van der Waals surface area contributed by atoms with Crippen LogP contribution in [-0.4, -0.2) is 68.4 Å². The van der Waals surface area contributed by atoms with E-state index in [9.17, 15) is 0 Å². The summed E-state index contributed by atoms with van der Waals surface area (Å²) in [4.78, 5) is 14.1. The van der Waals surface area contributed by atoms with Crippen LogP contribution in [0.5, 0.6) is 0 Å². The number of methoxy groups -OCH3 is 1. The van der Waals surface area contributed by atoms with Crippen LogP contribution in [-0.2, 0) is 4.74 Å². The van der Waals surface area contributed by atoms with Gasteiger partial charge in [0.05, 0.1) is 12.1 Å². The van der Waals surface area contributed by atoms with Gasteiger partial charge in [0, 0.05) is 45.2 Å². The molecule has 0 bridgehead atoms. The van der Waals surface area contributed by atoms with E-state index >= 15 is 0 Å². The van der Waals surface area contributed by atoms with E-state index in [1.165, 1.54) is 0 Å². The largest absolute Gasteiger partial charge is 0.383 e. The molecule has 1 aromatic carbocycles. The third kappa shape index (κ3) is 3.28. The molecule has 1 saturated heterocycles. The molecular formula is C16H23N5O. The highest BCUT2D eigenvalue weighted by Crippen LogP contribution is 2.23. The van der Waals surface area contributed by atoms with Crippen molar-refractivity contribution >= 4 is 22.7 Å². The van der Waals surface area contributed by atoms with Gasteiger partial charge in [-0.15, -0.1) is 0 Å². The van der Waals surface area contributed by atoms with Crippen LogP contribution < -0.4 is 10.2 Å². The maximum absolute atomic E-state index is 5.11. The van der Waals surface area contributed by atoms with Crippen LogP contribution in [0.4, 0.5) is 11.8 Å². The van der Waals surface area contributed by atoms with Crippen molar-refractivity contribution in [1.29, 1.82) is 0 Å². The Labute approximate surface area is 131 Å². The number of likely N-dealkylation sites (N-methyl/N-ethyl adjacent to an activating group) is 1. The Morgan fingerprint density at radius 2 is 1.91 bits per heavy atom. The Bertz CT molecular complexity index is 625. The van der Waals surface area contributed by atoms with Crippen molar-refractivity contribution in [2.75, 3.05) is 63.7 Å². The van der Waals surface area contributed by atoms with Gasteiger partial charge in [-0.1, -0.05) is 12.1 Å². The third-order valence-corrected chi connectivity index (χ3v) is 3.98. The van der Waals surface area contributed by atoms with Crippen LogP contribution in [0.25, 0.3) is 10.9 Å². The molecule has 1 aromatic heterocycles. The van der Waals surface area contributed by atoms with Crippen LogP contribution in [0, 0.1) is 0 Å². The summed E-state index contributed by atoms with van der Waals surface area (Å²) < 4.78 is 5.11. The number of hydrogen-bond acceptors (Lipinski definition) is 6. The lowest BCUT2D eigenvalue weighted by molar-refractivity contribution is 0.210. The maximum atomic E-state index is 5.11. The number of benzene rings is 1. The summed E-state index contributed by atoms with van der Waals surface area (Å²) >= 11 is 0. The standard InChI is InChI=1S/C16H23N5O/c1-20-8-10-21(11-9-20)16-18-14-6-4-3-5-13(14)15(19-16)17-7-12-22-2/h3-6H,7-12H2,1-2H3,(H,17,18,19). The molecule has 1 aliphatic heterocycles. The summed E-state index contributed by atoms with van der Waals surface area (Å²) in [6.45, 7) is 5.41. The molecule has 1 N–H and O–H groups in total. The number of rotatable bonds is 5. The quantitative estimate of drug-likeness (QED) is 0.844. The molecule has 2 heterocycles. The van der Waals surface area contributed by atoms with Gasteiger partial charge in [0.25, 0.3) is 0 Å². The minimum atomic E-state index is 0.655. The molecule has 1 aliphatic rings. The molecule has 0 amide bonds. The zero-order chi connectivity index (χ0) is 15.4. The summed E-state index contributed by atoms with van der Waals surface area (Å²) in [7, 11) is 3.85. The van der Waals surface area contributed by atoms with Crippen molar-refractivity contribution in [2.24, 2.45) is 0 Å². The highest BCUT2D eigenvalue weighted by molar-refractivity contribution is 5.90. The number of ether oxygens (including phenoxy) is 1. The Morgan fingerprint density at radius 3 is 2.68 bits per heavy atom. The van der Waals surface area contributed by atoms with Gasteiger partial charge in [0.2, 0.25) is 5.95 Å². The number of fused-ring (bicyclic) bond motifs is 1. The predicted octanol–water partition coefficient (Wildman–Crippen LogP) is 1.44. The lowest BCUT2D eigenvalue weighted by Crippen LogP contribution is -2.45. The first-order valence-corrected chi connectivity index (χ1v) is 7.71. The molecule has 0 radical (unpaired) electrons. The number of nitrogens with one attached hydrogen (secondary N) is 1. The summed E-state index contributed by atoms with van der Waals surface area (Å²) in [6, 6.07) is 8.13. The van der Waals surface area contributed by atoms with Crippen LogP contribution >= 0.6 is 0 Å². The van der Waals surface area contributed by atoms with E-state index in [1.807, 2.05) is 18.2 Å². The van der Waals surface area contributed by atoms with Crippen LogP contribution in [0.3, 0.4) is 0 Å². The molecule has 2 aromatic rings. The van der Waals surface area contributed by atoms with Gasteiger partial charge in [0.1, 0.15) is 5.82 Å². The fraction of sp³-hybridized carbons (Fsp3) is 0.500. The molecule has 0 saturated carbocycles. The minimum Gasteiger partial charge on any atom is -0.383 e. The van der Waals surface area contributed by atoms with Crippen molar-refractivity contribution in [3.8, 4) is 0 Å². The number of nitrogens with zero attached hydrogens (tertiary/aromatic N) is 4. The van der Waals surface area contributed by atoms with Crippen molar-refractivity contribution in [1.82, 2.24) is 14.9 Å². The predicted molar refractivity (Wildman–Crippen MR) is 89.6 cm³/mol. The van der Waals surface area contributed by atoms with E-state index < -0.39 is 0 Å². The highest BCUT2D eigenvalue weighted by Gasteiger charge is 2.18. The lowest BCUT2D eigenvalue weighted by Gasteiger charge is -2.32. The monoisotopic (exact) mass is 301 g/mol. The number of hydrogen-bond donors (Lipinski definition) is 1. The number of aromatic nitrogens is 2. The summed E-state index contributed by atoms with van der Waals surface area (Å²) in [5.41, 5.74) is 0.978. The molecule has 6 nitrogen and oxygen atoms in total. The van der Waals surface area contributed by atoms with E-state index in [-0.39, 0.29) is 0 Å². The Morgan fingerprint density at radius 1 is 1.14 bits per heavy atom. The molecular weight excluding hydrogens is 278 g/mol. The first-order valence-electron chi connectivity index (χ1n) is 7.71. The van der Waals surface area contributed by atoms with Crippen molar-refractivity contribution < 1.29 is 4.74 Å². The second-order valence-electron chi connectivity index (χ2n) is 5.60. The Kier molecular flexibility index (Phi) is 4.70. The van der Waals surface area contributed by atoms with E-state index in [4.69, 9.17) is 14.7 Å². The number of piperazine rings is 1. The zero-order valence-electron chi connectivity index (χ0n) is 13.2. The fourth-order valence-electron chi connectivity index (χ4n) is 2.62. The van der Waals surface area contributed by atoms with Crippen molar-refractivity contribution in [3.63, 3.8) is 0 Å². The van der Waals surface area contributed by atoms with Crippen LogP contribution in [0.15, 0.2) is 24.3 Å². The maximum Gasteiger partial charge on any atom is 0.227 e. The number of para-hydroxylation sites is 1. The average molecular weight is 301 g/mol. The molecule has 0 spiro atoms. The molecule has 0 atom stereocenters. The van der Waals surface area contributed by atoms with E-state index in [0.717, 1.165) is 55.4 Å². The van der Waals surface area contributed by atoms with E-state index in [0.29, 0.717) is 6.61 Å². The number of anilines is 2. The van der Waals surface area contributed by atoms with E-state index in [2.05, 4.69) is 28.2 Å². The van der Waals surface area contributed by atoms with Gasteiger partial charge in [-0.05, 0) is 19.2 Å². The van der Waals surface area contributed by atoms with Crippen molar-refractivity contribution in [3.05, 3.63) is 24.3 Å². The SMILES string of the molecule is COCCNc1nc(N2CCN(C)CC2)nc2ccccc12. The molecule has 22 heavy (non-hydrogen) atoms. The highest BCUT2D eigenvalue weighted by atomic mass is 16.5. The topological polar surface area (TPSA) is 53.5 Å². The Hall–Kier alpha value is -1.92. The van der Waals surface area contributed by atoms with Crippen LogP contribution in [0.2, 0.25) is 0 Å². The molecule has 6 heteroatoms. The van der Waals surface area contributed by atoms with Gasteiger partial charge >= 0.3 is 0 Å². The lowest BCUT2D eigenvalue weighted by atomic mass is 10.2. The summed E-state index contributed by atoms with van der Waals surface area (Å²) in [5, 5.41) is 4.42.